The molecule has 0 amide bonds. The lowest BCUT2D eigenvalue weighted by Crippen LogP contribution is -3.00. The normalized spacial score (nSPS) is 18.8. The molecule has 0 spiro atoms. The number of carbonyl (C=O) groups is 2. The Balaban J connectivity index is 0.00000548. The molecule has 4 aromatic rings. The van der Waals surface area contributed by atoms with E-state index in [4.69, 9.17) is 56.8 Å². The first-order valence-electron chi connectivity index (χ1n) is 23.1. The third kappa shape index (κ3) is 12.8. The van der Waals surface area contributed by atoms with Crippen molar-refractivity contribution >= 4 is 11.9 Å². The lowest BCUT2D eigenvalue weighted by molar-refractivity contribution is -0.941. The fraction of sp³-hybridized carbons (Fsp3) is 0.472. The molecule has 0 saturated carbocycles. The van der Waals surface area contributed by atoms with Crippen molar-refractivity contribution in [2.45, 2.75) is 44.2 Å². The molecule has 0 bridgehead atoms. The van der Waals surface area contributed by atoms with E-state index in [0.29, 0.717) is 98.8 Å². The van der Waals surface area contributed by atoms with Crippen molar-refractivity contribution in [3.63, 3.8) is 0 Å². The second-order valence-electron chi connectivity index (χ2n) is 17.7. The molecule has 0 aliphatic carbocycles. The van der Waals surface area contributed by atoms with Crippen LogP contribution in [0.3, 0.4) is 0 Å². The molecule has 71 heavy (non-hydrogen) atoms. The van der Waals surface area contributed by atoms with E-state index in [-0.39, 0.29) is 50.1 Å². The minimum Gasteiger partial charge on any atom is -1.00 e. The highest BCUT2D eigenvalue weighted by Crippen LogP contribution is 2.49. The van der Waals surface area contributed by atoms with Gasteiger partial charge < -0.3 is 90.6 Å². The molecule has 4 atom stereocenters. The summed E-state index contributed by atoms with van der Waals surface area (Å²) < 4.78 is 69.5. The average Bonchev–Trinajstić information content (AvgIpc) is 3.37. The van der Waals surface area contributed by atoms with Gasteiger partial charge in [0.1, 0.15) is 12.1 Å². The molecule has 18 heteroatoms. The topological polar surface area (TPSA) is 145 Å². The molecule has 2 unspecified atom stereocenters. The molecular weight excluding hydrogens is 959 g/mol. The number of esters is 2. The zero-order chi connectivity index (χ0) is 49.9. The Bertz CT molecular complexity index is 2440. The highest BCUT2D eigenvalue weighted by atomic mass is 35.5. The zero-order valence-electron chi connectivity index (χ0n) is 43.1. The van der Waals surface area contributed by atoms with Gasteiger partial charge in [0.05, 0.1) is 125 Å². The molecule has 390 valence electrons. The van der Waals surface area contributed by atoms with Crippen LogP contribution < -0.4 is 72.2 Å². The van der Waals surface area contributed by atoms with Crippen molar-refractivity contribution in [2.24, 2.45) is 0 Å². The summed E-state index contributed by atoms with van der Waals surface area (Å²) in [7, 11) is 20.6. The molecule has 0 aromatic heterocycles. The van der Waals surface area contributed by atoms with Crippen LogP contribution in [-0.2, 0) is 38.3 Å². The molecule has 16 nitrogen and oxygen atoms in total. The quantitative estimate of drug-likeness (QED) is 0.0456. The van der Waals surface area contributed by atoms with Crippen LogP contribution in [0.4, 0.5) is 0 Å². The number of methoxy groups -OCH3 is 10. The van der Waals surface area contributed by atoms with Crippen LogP contribution in [0, 0.1) is 0 Å². The average molecular weight is 1030 g/mol. The van der Waals surface area contributed by atoms with E-state index in [1.54, 1.807) is 71.1 Å². The van der Waals surface area contributed by atoms with Crippen molar-refractivity contribution in [2.75, 3.05) is 125 Å². The van der Waals surface area contributed by atoms with Crippen LogP contribution in [0.2, 0.25) is 0 Å². The van der Waals surface area contributed by atoms with Crippen LogP contribution in [-0.4, -0.2) is 145 Å². The second-order valence-corrected chi connectivity index (χ2v) is 17.7. The van der Waals surface area contributed by atoms with Crippen LogP contribution in [0.1, 0.15) is 58.3 Å². The van der Waals surface area contributed by atoms with E-state index in [1.165, 1.54) is 5.56 Å². The van der Waals surface area contributed by atoms with E-state index in [2.05, 4.69) is 26.2 Å². The predicted octanol–water partition coefficient (Wildman–Crippen LogP) is 1.28. The number of fused-ring (bicyclic) bond motifs is 2. The summed E-state index contributed by atoms with van der Waals surface area (Å²) in [6, 6.07) is 16.0. The van der Waals surface area contributed by atoms with Crippen LogP contribution in [0.5, 0.6) is 57.5 Å². The summed E-state index contributed by atoms with van der Waals surface area (Å²) in [5.41, 5.74) is 6.57. The van der Waals surface area contributed by atoms with Gasteiger partial charge in [0.25, 0.3) is 0 Å². The molecule has 2 heterocycles. The van der Waals surface area contributed by atoms with E-state index in [9.17, 15) is 9.59 Å². The Labute approximate surface area is 430 Å². The SMILES string of the molecule is COc1cc2c(cc1OC)[C@H](c1cc(OC)c(OC)c(OC)c1)[N+](C)(CCCOC(=O)/C=C/C(=O)OCCC[N+]1(C)CCc3cc(OC)c(OC)cc3[C@H]1Cc1cc(OC)c(OC)c(OC)c1)CC2.[Cl-].[Cl-]. The van der Waals surface area contributed by atoms with Gasteiger partial charge in [-0.25, -0.2) is 9.59 Å². The summed E-state index contributed by atoms with van der Waals surface area (Å²) in [5, 5.41) is 0. The Morgan fingerprint density at radius 3 is 1.31 bits per heavy atom. The van der Waals surface area contributed by atoms with Crippen molar-refractivity contribution in [3.8, 4) is 57.5 Å². The molecule has 6 rings (SSSR count). The van der Waals surface area contributed by atoms with Crippen molar-refractivity contribution in [3.05, 3.63) is 94.1 Å². The molecule has 2 aliphatic rings. The number of benzene rings is 4. The Morgan fingerprint density at radius 2 is 0.873 bits per heavy atom. The van der Waals surface area contributed by atoms with Gasteiger partial charge >= 0.3 is 11.9 Å². The predicted molar refractivity (Wildman–Crippen MR) is 259 cm³/mol. The lowest BCUT2D eigenvalue weighted by Gasteiger charge is -2.46. The van der Waals surface area contributed by atoms with E-state index < -0.39 is 11.9 Å². The highest BCUT2D eigenvalue weighted by molar-refractivity contribution is 5.91. The lowest BCUT2D eigenvalue weighted by atomic mass is 9.85. The number of hydrogen-bond acceptors (Lipinski definition) is 14. The maximum Gasteiger partial charge on any atom is 0.331 e. The van der Waals surface area contributed by atoms with Crippen LogP contribution in [0.25, 0.3) is 0 Å². The fourth-order valence-electron chi connectivity index (χ4n) is 10.1. The van der Waals surface area contributed by atoms with Gasteiger partial charge in [-0.2, -0.15) is 0 Å². The first-order chi connectivity index (χ1) is 33.3. The summed E-state index contributed by atoms with van der Waals surface area (Å²) in [5.74, 6) is 4.71. The maximum absolute atomic E-state index is 12.9. The third-order valence-electron chi connectivity index (χ3n) is 13.7. The number of quaternary nitrogens is 2. The number of hydrogen-bond donors (Lipinski definition) is 0. The molecule has 0 fully saturated rings. The Morgan fingerprint density at radius 1 is 0.493 bits per heavy atom. The maximum atomic E-state index is 12.9. The first-order valence-corrected chi connectivity index (χ1v) is 23.1. The number of carbonyl (C=O) groups excluding carboxylic acids is 2. The zero-order valence-corrected chi connectivity index (χ0v) is 44.6. The second kappa shape index (κ2) is 26.0. The summed E-state index contributed by atoms with van der Waals surface area (Å²) in [4.78, 5) is 25.8. The summed E-state index contributed by atoms with van der Waals surface area (Å²) in [6.45, 7) is 3.36. The highest BCUT2D eigenvalue weighted by Gasteiger charge is 2.43. The standard InChI is InChI=1S/C53H70N2O14.2ClH/c1-54(21-17-35-28-41(58-3)43(60-5)32-38(35)40(54)25-34-26-45(62-7)52(66-11)46(27-34)63-8)19-13-23-68-49(56)15-16-50(57)69-24-14-20-55(2)22-18-36-29-42(59-4)44(61-6)33-39(36)51(55)37-30-47(64-9)53(67-12)48(31-37)65-10;;/h15-16,26-33,40,51H,13-14,17-25H2,1-12H3;2*1H/q+2;;/p-2/b16-15+;;/t40-,51+,54?,55?;;/m1../s1. The minimum atomic E-state index is -0.622. The van der Waals surface area contributed by atoms with Crippen LogP contribution in [0.15, 0.2) is 60.7 Å². The van der Waals surface area contributed by atoms with E-state index in [0.717, 1.165) is 65.9 Å². The monoisotopic (exact) mass is 1030 g/mol. The van der Waals surface area contributed by atoms with Gasteiger partial charge in [-0.1, -0.05) is 0 Å². The summed E-state index contributed by atoms with van der Waals surface area (Å²) in [6.07, 6.45) is 5.68. The minimum absolute atomic E-state index is 0. The van der Waals surface area contributed by atoms with Gasteiger partial charge in [-0.3, -0.25) is 0 Å². The number of ether oxygens (including phenoxy) is 12. The Kier molecular flexibility index (Phi) is 21.1. The smallest absolute Gasteiger partial charge is 0.331 e. The largest absolute Gasteiger partial charge is 1.00 e. The van der Waals surface area contributed by atoms with Gasteiger partial charge in [0.2, 0.25) is 11.5 Å². The van der Waals surface area contributed by atoms with E-state index in [1.807, 2.05) is 36.4 Å². The van der Waals surface area contributed by atoms with Crippen molar-refractivity contribution in [1.82, 2.24) is 0 Å². The molecule has 0 N–H and O–H groups in total. The molecule has 4 aromatic carbocycles. The number of nitrogens with zero attached hydrogens (tertiary/aromatic N) is 2. The fourth-order valence-corrected chi connectivity index (χ4v) is 10.1. The Hall–Kier alpha value is -5.94. The molecule has 0 radical (unpaired) electrons. The van der Waals surface area contributed by atoms with Gasteiger partial charge in [-0.05, 0) is 65.2 Å². The molecular formula is C53H70Cl2N2O14. The summed E-state index contributed by atoms with van der Waals surface area (Å²) >= 11 is 0. The molecule has 2 aliphatic heterocycles. The van der Waals surface area contributed by atoms with E-state index >= 15 is 0 Å². The number of likely N-dealkylation sites (N-methyl/N-ethyl adjacent to an activating group) is 2. The van der Waals surface area contributed by atoms with Gasteiger partial charge in [0, 0.05) is 60.9 Å². The van der Waals surface area contributed by atoms with Crippen molar-refractivity contribution in [1.29, 1.82) is 0 Å². The van der Waals surface area contributed by atoms with Crippen molar-refractivity contribution < 1.29 is 100 Å². The van der Waals surface area contributed by atoms with Gasteiger partial charge in [-0.15, -0.1) is 0 Å². The first kappa shape index (κ1) is 57.6. The molecule has 0 saturated heterocycles. The van der Waals surface area contributed by atoms with Gasteiger partial charge in [0.15, 0.2) is 46.0 Å². The van der Waals surface area contributed by atoms with Crippen LogP contribution >= 0.6 is 0 Å². The number of halogens is 2. The number of rotatable bonds is 23. The third-order valence-corrected chi connectivity index (χ3v) is 13.7.